The molecular formula is C11H11BrF3N. The Hall–Kier alpha value is -0.710. The summed E-state index contributed by atoms with van der Waals surface area (Å²) >= 11 is 3.24. The van der Waals surface area contributed by atoms with Crippen molar-refractivity contribution in [2.75, 3.05) is 11.9 Å². The minimum Gasteiger partial charge on any atom is -0.384 e. The normalized spacial score (nSPS) is 16.2. The SMILES string of the molecule is FC(F)(F)c1ccc(Br)c(NCC2CC2)c1. The van der Waals surface area contributed by atoms with E-state index >= 15 is 0 Å². The summed E-state index contributed by atoms with van der Waals surface area (Å²) in [5.41, 5.74) is -0.101. The van der Waals surface area contributed by atoms with Crippen LogP contribution in [0.2, 0.25) is 0 Å². The molecule has 1 fully saturated rings. The number of alkyl halides is 3. The Labute approximate surface area is 100 Å². The Morgan fingerprint density at radius 2 is 2.00 bits per heavy atom. The van der Waals surface area contributed by atoms with Crippen LogP contribution in [-0.2, 0) is 6.18 Å². The summed E-state index contributed by atoms with van der Waals surface area (Å²) in [6.07, 6.45) is -1.94. The van der Waals surface area contributed by atoms with Crippen LogP contribution >= 0.6 is 15.9 Å². The minimum atomic E-state index is -4.28. The van der Waals surface area contributed by atoms with E-state index in [2.05, 4.69) is 21.2 Å². The fourth-order valence-corrected chi connectivity index (χ4v) is 1.80. The average Bonchev–Trinajstić information content (AvgIpc) is 2.98. The second-order valence-electron chi connectivity index (χ2n) is 4.02. The first kappa shape index (κ1) is 11.8. The molecule has 0 unspecified atom stereocenters. The van der Waals surface area contributed by atoms with Crippen LogP contribution in [0.4, 0.5) is 18.9 Å². The molecule has 1 N–H and O–H groups in total. The van der Waals surface area contributed by atoms with Gasteiger partial charge in [-0.25, -0.2) is 0 Å². The van der Waals surface area contributed by atoms with Crippen molar-refractivity contribution < 1.29 is 13.2 Å². The van der Waals surface area contributed by atoms with Crippen LogP contribution in [0.3, 0.4) is 0 Å². The molecule has 16 heavy (non-hydrogen) atoms. The topological polar surface area (TPSA) is 12.0 Å². The Kier molecular flexibility index (Phi) is 3.15. The number of benzene rings is 1. The zero-order valence-electron chi connectivity index (χ0n) is 8.44. The predicted molar refractivity (Wildman–Crippen MR) is 60.4 cm³/mol. The molecule has 1 saturated carbocycles. The van der Waals surface area contributed by atoms with E-state index in [0.717, 1.165) is 18.7 Å². The Morgan fingerprint density at radius 1 is 1.31 bits per heavy atom. The molecule has 88 valence electrons. The molecule has 1 aliphatic carbocycles. The summed E-state index contributed by atoms with van der Waals surface area (Å²) in [5, 5.41) is 3.04. The quantitative estimate of drug-likeness (QED) is 0.877. The van der Waals surface area contributed by atoms with Crippen LogP contribution in [0.15, 0.2) is 22.7 Å². The molecule has 1 aromatic rings. The summed E-state index contributed by atoms with van der Waals surface area (Å²) in [5.74, 6) is 0.626. The molecule has 0 aliphatic heterocycles. The van der Waals surface area contributed by atoms with E-state index in [1.165, 1.54) is 18.9 Å². The largest absolute Gasteiger partial charge is 0.416 e. The third kappa shape index (κ3) is 2.90. The van der Waals surface area contributed by atoms with Crippen LogP contribution in [0, 0.1) is 5.92 Å². The van der Waals surface area contributed by atoms with Crippen molar-refractivity contribution >= 4 is 21.6 Å². The van der Waals surface area contributed by atoms with Gasteiger partial charge in [-0.05, 0) is 52.9 Å². The highest BCUT2D eigenvalue weighted by Gasteiger charge is 2.31. The van der Waals surface area contributed by atoms with Crippen LogP contribution in [-0.4, -0.2) is 6.54 Å². The van der Waals surface area contributed by atoms with Gasteiger partial charge in [-0.15, -0.1) is 0 Å². The zero-order valence-corrected chi connectivity index (χ0v) is 10.0. The molecule has 0 aromatic heterocycles. The number of hydrogen-bond acceptors (Lipinski definition) is 1. The van der Waals surface area contributed by atoms with Gasteiger partial charge in [0.2, 0.25) is 0 Å². The maximum Gasteiger partial charge on any atom is 0.416 e. The van der Waals surface area contributed by atoms with E-state index < -0.39 is 11.7 Å². The molecule has 0 bridgehead atoms. The van der Waals surface area contributed by atoms with Gasteiger partial charge in [-0.3, -0.25) is 0 Å². The number of hydrogen-bond donors (Lipinski definition) is 1. The smallest absolute Gasteiger partial charge is 0.384 e. The van der Waals surface area contributed by atoms with Gasteiger partial charge in [0.15, 0.2) is 0 Å². The monoisotopic (exact) mass is 293 g/mol. The van der Waals surface area contributed by atoms with E-state index in [1.54, 1.807) is 0 Å². The van der Waals surface area contributed by atoms with Crippen LogP contribution in [0.1, 0.15) is 18.4 Å². The number of halogens is 4. The van der Waals surface area contributed by atoms with Crippen molar-refractivity contribution in [2.24, 2.45) is 5.92 Å². The van der Waals surface area contributed by atoms with Crippen molar-refractivity contribution in [3.63, 3.8) is 0 Å². The molecule has 0 amide bonds. The van der Waals surface area contributed by atoms with Gasteiger partial charge < -0.3 is 5.32 Å². The molecule has 0 spiro atoms. The lowest BCUT2D eigenvalue weighted by molar-refractivity contribution is -0.137. The highest BCUT2D eigenvalue weighted by Crippen LogP contribution is 2.35. The third-order valence-electron chi connectivity index (χ3n) is 2.57. The van der Waals surface area contributed by atoms with Gasteiger partial charge >= 0.3 is 6.18 Å². The van der Waals surface area contributed by atoms with Crippen molar-refractivity contribution in [3.05, 3.63) is 28.2 Å². The van der Waals surface area contributed by atoms with E-state index in [9.17, 15) is 13.2 Å². The molecular weight excluding hydrogens is 283 g/mol. The molecule has 0 radical (unpaired) electrons. The van der Waals surface area contributed by atoms with E-state index in [-0.39, 0.29) is 0 Å². The first-order chi connectivity index (χ1) is 7.47. The standard InChI is InChI=1S/C11H11BrF3N/c12-9-4-3-8(11(13,14)15)5-10(9)16-6-7-1-2-7/h3-5,7,16H,1-2,6H2. The van der Waals surface area contributed by atoms with Gasteiger partial charge in [-0.1, -0.05) is 0 Å². The average molecular weight is 294 g/mol. The summed E-state index contributed by atoms with van der Waals surface area (Å²) < 4.78 is 38.1. The molecule has 1 nitrogen and oxygen atoms in total. The van der Waals surface area contributed by atoms with Crippen LogP contribution < -0.4 is 5.32 Å². The highest BCUT2D eigenvalue weighted by molar-refractivity contribution is 9.10. The van der Waals surface area contributed by atoms with Crippen molar-refractivity contribution in [1.82, 2.24) is 0 Å². The Bertz CT molecular complexity index is 385. The predicted octanol–water partition coefficient (Wildman–Crippen LogP) is 4.29. The van der Waals surface area contributed by atoms with Gasteiger partial charge in [0.1, 0.15) is 0 Å². The van der Waals surface area contributed by atoms with Gasteiger partial charge in [0.25, 0.3) is 0 Å². The van der Waals surface area contributed by atoms with E-state index in [0.29, 0.717) is 16.1 Å². The minimum absolute atomic E-state index is 0.515. The van der Waals surface area contributed by atoms with Crippen molar-refractivity contribution in [2.45, 2.75) is 19.0 Å². The summed E-state index contributed by atoms with van der Waals surface area (Å²) in [7, 11) is 0. The van der Waals surface area contributed by atoms with Crippen LogP contribution in [0.5, 0.6) is 0 Å². The maximum atomic E-state index is 12.5. The first-order valence-electron chi connectivity index (χ1n) is 5.07. The molecule has 1 aromatic carbocycles. The van der Waals surface area contributed by atoms with E-state index in [1.807, 2.05) is 0 Å². The Balaban J connectivity index is 2.14. The Morgan fingerprint density at radius 3 is 2.56 bits per heavy atom. The van der Waals surface area contributed by atoms with E-state index in [4.69, 9.17) is 0 Å². The van der Waals surface area contributed by atoms with Crippen LogP contribution in [0.25, 0.3) is 0 Å². The van der Waals surface area contributed by atoms with Gasteiger partial charge in [0, 0.05) is 16.7 Å². The summed E-state index contributed by atoms with van der Waals surface area (Å²) in [4.78, 5) is 0. The number of anilines is 1. The lowest BCUT2D eigenvalue weighted by atomic mass is 10.2. The van der Waals surface area contributed by atoms with Crippen molar-refractivity contribution in [3.8, 4) is 0 Å². The van der Waals surface area contributed by atoms with Crippen molar-refractivity contribution in [1.29, 1.82) is 0 Å². The fourth-order valence-electron chi connectivity index (χ4n) is 1.41. The highest BCUT2D eigenvalue weighted by atomic mass is 79.9. The molecule has 5 heteroatoms. The maximum absolute atomic E-state index is 12.5. The lowest BCUT2D eigenvalue weighted by Crippen LogP contribution is -2.08. The first-order valence-corrected chi connectivity index (χ1v) is 5.87. The molecule has 0 atom stereocenters. The fraction of sp³-hybridized carbons (Fsp3) is 0.455. The molecule has 2 rings (SSSR count). The second kappa shape index (κ2) is 4.28. The summed E-state index contributed by atoms with van der Waals surface area (Å²) in [6.45, 7) is 0.750. The molecule has 0 heterocycles. The molecule has 0 saturated heterocycles. The van der Waals surface area contributed by atoms with Gasteiger partial charge in [-0.2, -0.15) is 13.2 Å². The van der Waals surface area contributed by atoms with Gasteiger partial charge in [0.05, 0.1) is 5.56 Å². The number of rotatable bonds is 3. The number of nitrogens with one attached hydrogen (secondary N) is 1. The second-order valence-corrected chi connectivity index (χ2v) is 4.87. The lowest BCUT2D eigenvalue weighted by Gasteiger charge is -2.12. The third-order valence-corrected chi connectivity index (χ3v) is 3.26. The molecule has 1 aliphatic rings. The zero-order chi connectivity index (χ0) is 11.8. The summed E-state index contributed by atoms with van der Waals surface area (Å²) in [6, 6.07) is 3.65.